The van der Waals surface area contributed by atoms with Crippen LogP contribution in [0.2, 0.25) is 0 Å². The fourth-order valence-electron chi connectivity index (χ4n) is 3.14. The van der Waals surface area contributed by atoms with Crippen molar-refractivity contribution in [2.45, 2.75) is 25.3 Å². The average Bonchev–Trinajstić information content (AvgIpc) is 3.17. The lowest BCUT2D eigenvalue weighted by Gasteiger charge is -2.21. The molecule has 0 saturated heterocycles. The summed E-state index contributed by atoms with van der Waals surface area (Å²) in [6.07, 6.45) is 2.06. The maximum atomic E-state index is 13.3. The van der Waals surface area contributed by atoms with Gasteiger partial charge in [-0.2, -0.15) is 5.10 Å². The standard InChI is InChI=1S/C22H25FN4O.ClH/c1-27(22(28)20(24)13-16-7-3-2-4-8-16)12-6-11-19-15-21(26-25-19)17-9-5-10-18(23)14-17;/h2-5,7-10,14-15,20H,6,11-13,24H2,1H3,(H,25,26);1H/t20-;/m0./s1. The zero-order valence-corrected chi connectivity index (χ0v) is 17.2. The number of carbonyl (C=O) groups excluding carboxylic acids is 1. The van der Waals surface area contributed by atoms with Gasteiger partial charge >= 0.3 is 0 Å². The second-order valence-corrected chi connectivity index (χ2v) is 6.95. The number of nitrogens with two attached hydrogens (primary N) is 1. The largest absolute Gasteiger partial charge is 0.344 e. The molecule has 1 atom stereocenters. The summed E-state index contributed by atoms with van der Waals surface area (Å²) in [7, 11) is 1.78. The van der Waals surface area contributed by atoms with Crippen LogP contribution in [-0.4, -0.2) is 40.6 Å². The average molecular weight is 417 g/mol. The number of benzene rings is 2. The van der Waals surface area contributed by atoms with Gasteiger partial charge in [-0.05, 0) is 43.0 Å². The van der Waals surface area contributed by atoms with E-state index >= 15 is 0 Å². The molecule has 1 aromatic heterocycles. The van der Waals surface area contributed by atoms with E-state index in [1.807, 2.05) is 42.5 Å². The Morgan fingerprint density at radius 2 is 1.93 bits per heavy atom. The normalized spacial score (nSPS) is 11.6. The van der Waals surface area contributed by atoms with E-state index in [4.69, 9.17) is 5.73 Å². The van der Waals surface area contributed by atoms with Gasteiger partial charge in [0.1, 0.15) is 5.82 Å². The van der Waals surface area contributed by atoms with Gasteiger partial charge in [0, 0.05) is 24.8 Å². The van der Waals surface area contributed by atoms with Gasteiger partial charge < -0.3 is 10.6 Å². The molecule has 0 unspecified atom stereocenters. The van der Waals surface area contributed by atoms with Crippen molar-refractivity contribution in [1.82, 2.24) is 15.1 Å². The van der Waals surface area contributed by atoms with Crippen molar-refractivity contribution >= 4 is 18.3 Å². The van der Waals surface area contributed by atoms with E-state index in [9.17, 15) is 9.18 Å². The lowest BCUT2D eigenvalue weighted by atomic mass is 10.1. The van der Waals surface area contributed by atoms with Gasteiger partial charge in [0.2, 0.25) is 5.91 Å². The van der Waals surface area contributed by atoms with Crippen LogP contribution in [0.3, 0.4) is 0 Å². The third-order valence-corrected chi connectivity index (χ3v) is 4.68. The van der Waals surface area contributed by atoms with Crippen LogP contribution in [0.1, 0.15) is 17.7 Å². The zero-order chi connectivity index (χ0) is 19.9. The van der Waals surface area contributed by atoms with E-state index in [1.165, 1.54) is 12.1 Å². The van der Waals surface area contributed by atoms with Gasteiger partial charge in [-0.25, -0.2) is 4.39 Å². The first-order chi connectivity index (χ1) is 13.5. The molecular weight excluding hydrogens is 391 g/mol. The molecule has 7 heteroatoms. The van der Waals surface area contributed by atoms with E-state index in [2.05, 4.69) is 10.2 Å². The number of nitrogens with one attached hydrogen (secondary N) is 1. The summed E-state index contributed by atoms with van der Waals surface area (Å²) in [4.78, 5) is 14.1. The van der Waals surface area contributed by atoms with E-state index in [1.54, 1.807) is 18.0 Å². The number of rotatable bonds is 8. The molecule has 3 N–H and O–H groups in total. The third kappa shape index (κ3) is 6.41. The summed E-state index contributed by atoms with van der Waals surface area (Å²) in [6, 6.07) is 17.5. The number of hydrogen-bond acceptors (Lipinski definition) is 3. The molecule has 0 bridgehead atoms. The fraction of sp³-hybridized carbons (Fsp3) is 0.273. The van der Waals surface area contributed by atoms with Gasteiger partial charge in [-0.1, -0.05) is 42.5 Å². The molecule has 154 valence electrons. The predicted molar refractivity (Wildman–Crippen MR) is 115 cm³/mol. The first kappa shape index (κ1) is 22.6. The van der Waals surface area contributed by atoms with E-state index in [0.29, 0.717) is 18.7 Å². The highest BCUT2D eigenvalue weighted by atomic mass is 35.5. The molecule has 0 spiro atoms. The number of aromatic nitrogens is 2. The Morgan fingerprint density at radius 1 is 1.17 bits per heavy atom. The van der Waals surface area contributed by atoms with Crippen LogP contribution in [-0.2, 0) is 17.6 Å². The van der Waals surface area contributed by atoms with Crippen LogP contribution in [0, 0.1) is 5.82 Å². The Hall–Kier alpha value is -2.70. The quantitative estimate of drug-likeness (QED) is 0.589. The maximum absolute atomic E-state index is 13.3. The Balaban J connectivity index is 0.00000300. The van der Waals surface area contributed by atoms with Crippen molar-refractivity contribution in [1.29, 1.82) is 0 Å². The minimum atomic E-state index is -0.542. The minimum Gasteiger partial charge on any atom is -0.344 e. The summed E-state index contributed by atoms with van der Waals surface area (Å²) < 4.78 is 13.3. The SMILES string of the molecule is CN(CCCc1cc(-c2cccc(F)c2)n[nH]1)C(=O)[C@@H](N)Cc1ccccc1.Cl. The molecule has 1 heterocycles. The highest BCUT2D eigenvalue weighted by Crippen LogP contribution is 2.19. The number of nitrogens with zero attached hydrogens (tertiary/aromatic N) is 2. The molecule has 1 amide bonds. The lowest BCUT2D eigenvalue weighted by molar-refractivity contribution is -0.131. The summed E-state index contributed by atoms with van der Waals surface area (Å²) in [6.45, 7) is 0.607. The molecule has 2 aromatic carbocycles. The molecule has 5 nitrogen and oxygen atoms in total. The molecule has 3 rings (SSSR count). The first-order valence-electron chi connectivity index (χ1n) is 9.37. The number of hydrogen-bond donors (Lipinski definition) is 2. The molecule has 0 aliphatic carbocycles. The van der Waals surface area contributed by atoms with Crippen LogP contribution in [0.15, 0.2) is 60.7 Å². The van der Waals surface area contributed by atoms with Crippen LogP contribution < -0.4 is 5.73 Å². The molecule has 0 aliphatic rings. The molecule has 0 saturated carbocycles. The van der Waals surface area contributed by atoms with Gasteiger partial charge in [-0.3, -0.25) is 9.89 Å². The Kier molecular flexibility index (Phi) is 8.36. The number of aromatic amines is 1. The highest BCUT2D eigenvalue weighted by molar-refractivity contribution is 5.85. The number of carbonyl (C=O) groups is 1. The van der Waals surface area contributed by atoms with E-state index < -0.39 is 6.04 Å². The number of H-pyrrole nitrogens is 1. The zero-order valence-electron chi connectivity index (χ0n) is 16.3. The second kappa shape index (κ2) is 10.7. The number of halogens is 2. The molecular formula is C22H26ClFN4O. The van der Waals surface area contributed by atoms with Crippen molar-refractivity contribution in [2.75, 3.05) is 13.6 Å². The lowest BCUT2D eigenvalue weighted by Crippen LogP contribution is -2.43. The second-order valence-electron chi connectivity index (χ2n) is 6.95. The molecule has 0 radical (unpaired) electrons. The number of aryl methyl sites for hydroxylation is 1. The summed E-state index contributed by atoms with van der Waals surface area (Å²) in [5.41, 5.74) is 9.53. The van der Waals surface area contributed by atoms with E-state index in [-0.39, 0.29) is 24.1 Å². The molecule has 0 aliphatic heterocycles. The van der Waals surface area contributed by atoms with Crippen molar-refractivity contribution < 1.29 is 9.18 Å². The van der Waals surface area contributed by atoms with Crippen molar-refractivity contribution in [3.05, 3.63) is 77.7 Å². The van der Waals surface area contributed by atoms with Gasteiger partial charge in [-0.15, -0.1) is 12.4 Å². The topological polar surface area (TPSA) is 75.0 Å². The van der Waals surface area contributed by atoms with Crippen LogP contribution >= 0.6 is 12.4 Å². The molecule has 29 heavy (non-hydrogen) atoms. The van der Waals surface area contributed by atoms with E-state index in [0.717, 1.165) is 29.7 Å². The highest BCUT2D eigenvalue weighted by Gasteiger charge is 2.18. The Morgan fingerprint density at radius 3 is 2.66 bits per heavy atom. The minimum absolute atomic E-state index is 0. The molecule has 3 aromatic rings. The van der Waals surface area contributed by atoms with Gasteiger partial charge in [0.15, 0.2) is 0 Å². The van der Waals surface area contributed by atoms with Crippen LogP contribution in [0.5, 0.6) is 0 Å². The smallest absolute Gasteiger partial charge is 0.239 e. The Labute approximate surface area is 176 Å². The van der Waals surface area contributed by atoms with Crippen molar-refractivity contribution in [3.63, 3.8) is 0 Å². The summed E-state index contributed by atoms with van der Waals surface area (Å²) in [5, 5.41) is 7.22. The predicted octanol–water partition coefficient (Wildman–Crippen LogP) is 3.60. The Bertz CT molecular complexity index is 916. The summed E-state index contributed by atoms with van der Waals surface area (Å²) in [5.74, 6) is -0.344. The fourth-order valence-corrected chi connectivity index (χ4v) is 3.14. The third-order valence-electron chi connectivity index (χ3n) is 4.68. The van der Waals surface area contributed by atoms with Crippen LogP contribution in [0.4, 0.5) is 4.39 Å². The number of likely N-dealkylation sites (N-methyl/N-ethyl adjacent to an activating group) is 1. The summed E-state index contributed by atoms with van der Waals surface area (Å²) >= 11 is 0. The molecule has 0 fully saturated rings. The first-order valence-corrected chi connectivity index (χ1v) is 9.37. The van der Waals surface area contributed by atoms with Gasteiger partial charge in [0.25, 0.3) is 0 Å². The number of amides is 1. The van der Waals surface area contributed by atoms with Crippen LogP contribution in [0.25, 0.3) is 11.3 Å². The maximum Gasteiger partial charge on any atom is 0.239 e. The monoisotopic (exact) mass is 416 g/mol. The van der Waals surface area contributed by atoms with Crippen molar-refractivity contribution in [3.8, 4) is 11.3 Å². The van der Waals surface area contributed by atoms with Gasteiger partial charge in [0.05, 0.1) is 11.7 Å². The van der Waals surface area contributed by atoms with Crippen molar-refractivity contribution in [2.24, 2.45) is 5.73 Å².